The molecule has 0 spiro atoms. The molecule has 2 heterocycles. The summed E-state index contributed by atoms with van der Waals surface area (Å²) in [7, 11) is -2.03. The maximum absolute atomic E-state index is 12.9. The molecule has 0 radical (unpaired) electrons. The number of nitrogen functional groups attached to an aromatic ring is 1. The van der Waals surface area contributed by atoms with Gasteiger partial charge in [-0.25, -0.2) is 18.4 Å². The number of hydrogen-bond acceptors (Lipinski definition) is 5. The molecule has 0 unspecified atom stereocenters. The standard InChI is InChI=1S/C16H15F3N4O2S/c1-3-26(24,25)13-6-9(20)4-5-10(13)15-22-11-7-14(16(17,18)19)21-8-12(11)23(15)2/h4-8H,3,20H2,1-2H3. The third-order valence-electron chi connectivity index (χ3n) is 4.02. The lowest BCUT2D eigenvalue weighted by Crippen LogP contribution is -2.08. The molecule has 2 aromatic heterocycles. The molecule has 26 heavy (non-hydrogen) atoms. The van der Waals surface area contributed by atoms with Crippen LogP contribution in [0.5, 0.6) is 0 Å². The highest BCUT2D eigenvalue weighted by molar-refractivity contribution is 7.91. The molecular weight excluding hydrogens is 369 g/mol. The minimum atomic E-state index is -4.59. The number of aryl methyl sites for hydroxylation is 1. The quantitative estimate of drug-likeness (QED) is 0.701. The molecule has 138 valence electrons. The molecule has 6 nitrogen and oxygen atoms in total. The van der Waals surface area contributed by atoms with Gasteiger partial charge in [0.15, 0.2) is 9.84 Å². The predicted molar refractivity (Wildman–Crippen MR) is 91.1 cm³/mol. The first-order valence-electron chi connectivity index (χ1n) is 7.57. The maximum atomic E-state index is 12.9. The van der Waals surface area contributed by atoms with Gasteiger partial charge in [-0.05, 0) is 24.3 Å². The van der Waals surface area contributed by atoms with Crippen LogP contribution in [-0.4, -0.2) is 28.7 Å². The summed E-state index contributed by atoms with van der Waals surface area (Å²) in [6, 6.07) is 5.18. The number of imidazole rings is 1. The number of nitrogens with zero attached hydrogens (tertiary/aromatic N) is 3. The fraction of sp³-hybridized carbons (Fsp3) is 0.250. The van der Waals surface area contributed by atoms with Crippen molar-refractivity contribution in [3.63, 3.8) is 0 Å². The van der Waals surface area contributed by atoms with Gasteiger partial charge < -0.3 is 10.3 Å². The van der Waals surface area contributed by atoms with Crippen molar-refractivity contribution < 1.29 is 21.6 Å². The summed E-state index contributed by atoms with van der Waals surface area (Å²) in [5.74, 6) is 0.0702. The Kier molecular flexibility index (Phi) is 4.18. The van der Waals surface area contributed by atoms with Crippen LogP contribution in [0.3, 0.4) is 0 Å². The number of benzene rings is 1. The minimum Gasteiger partial charge on any atom is -0.399 e. The number of hydrogen-bond donors (Lipinski definition) is 1. The molecule has 2 N–H and O–H groups in total. The summed E-state index contributed by atoms with van der Waals surface area (Å²) in [4.78, 5) is 7.62. The lowest BCUT2D eigenvalue weighted by molar-refractivity contribution is -0.141. The second kappa shape index (κ2) is 5.97. The third-order valence-corrected chi connectivity index (χ3v) is 5.79. The number of sulfone groups is 1. The fourth-order valence-corrected chi connectivity index (χ4v) is 3.74. The van der Waals surface area contributed by atoms with E-state index in [2.05, 4.69) is 9.97 Å². The maximum Gasteiger partial charge on any atom is 0.433 e. The van der Waals surface area contributed by atoms with E-state index >= 15 is 0 Å². The number of pyridine rings is 1. The van der Waals surface area contributed by atoms with Crippen molar-refractivity contribution in [3.05, 3.63) is 36.2 Å². The highest BCUT2D eigenvalue weighted by atomic mass is 32.2. The topological polar surface area (TPSA) is 90.9 Å². The lowest BCUT2D eigenvalue weighted by atomic mass is 10.2. The minimum absolute atomic E-state index is 0.0117. The number of alkyl halides is 3. The van der Waals surface area contributed by atoms with Gasteiger partial charge in [-0.2, -0.15) is 13.2 Å². The van der Waals surface area contributed by atoms with Crippen LogP contribution in [0.1, 0.15) is 12.6 Å². The monoisotopic (exact) mass is 384 g/mol. The number of fused-ring (bicyclic) bond motifs is 1. The summed E-state index contributed by atoms with van der Waals surface area (Å²) in [5, 5.41) is 0. The lowest BCUT2D eigenvalue weighted by Gasteiger charge is -2.10. The Morgan fingerprint density at radius 3 is 2.54 bits per heavy atom. The van der Waals surface area contributed by atoms with Gasteiger partial charge in [0.25, 0.3) is 0 Å². The Bertz CT molecular complexity index is 1100. The van der Waals surface area contributed by atoms with Gasteiger partial charge in [-0.1, -0.05) is 6.92 Å². The van der Waals surface area contributed by atoms with E-state index in [0.29, 0.717) is 5.52 Å². The van der Waals surface area contributed by atoms with E-state index in [1.807, 2.05) is 0 Å². The Morgan fingerprint density at radius 2 is 1.92 bits per heavy atom. The molecule has 3 rings (SSSR count). The SMILES string of the molecule is CCS(=O)(=O)c1cc(N)ccc1-c1nc2cc(C(F)(F)F)ncc2n1C. The van der Waals surface area contributed by atoms with E-state index in [9.17, 15) is 21.6 Å². The van der Waals surface area contributed by atoms with Crippen LogP contribution in [0.2, 0.25) is 0 Å². The Hall–Kier alpha value is -2.62. The number of halogens is 3. The van der Waals surface area contributed by atoms with Gasteiger partial charge in [0.2, 0.25) is 0 Å². The molecule has 0 fully saturated rings. The van der Waals surface area contributed by atoms with E-state index in [0.717, 1.165) is 12.3 Å². The van der Waals surface area contributed by atoms with E-state index in [1.54, 1.807) is 7.05 Å². The molecule has 3 aromatic rings. The Morgan fingerprint density at radius 1 is 1.23 bits per heavy atom. The summed E-state index contributed by atoms with van der Waals surface area (Å²) >= 11 is 0. The van der Waals surface area contributed by atoms with Crippen molar-refractivity contribution in [1.82, 2.24) is 14.5 Å². The molecule has 0 saturated carbocycles. The smallest absolute Gasteiger partial charge is 0.399 e. The van der Waals surface area contributed by atoms with Crippen LogP contribution in [0.4, 0.5) is 18.9 Å². The van der Waals surface area contributed by atoms with Crippen molar-refractivity contribution in [2.24, 2.45) is 7.05 Å². The van der Waals surface area contributed by atoms with Crippen LogP contribution in [0, 0.1) is 0 Å². The molecule has 1 aromatic carbocycles. The molecule has 10 heteroatoms. The molecule has 0 aliphatic carbocycles. The zero-order valence-corrected chi connectivity index (χ0v) is 14.7. The van der Waals surface area contributed by atoms with Gasteiger partial charge in [0, 0.05) is 18.3 Å². The van der Waals surface area contributed by atoms with Gasteiger partial charge in [0.1, 0.15) is 11.5 Å². The average molecular weight is 384 g/mol. The van der Waals surface area contributed by atoms with Gasteiger partial charge in [-0.15, -0.1) is 0 Å². The molecule has 0 aliphatic heterocycles. The highest BCUT2D eigenvalue weighted by Gasteiger charge is 2.33. The Labute approximate surface area is 147 Å². The summed E-state index contributed by atoms with van der Waals surface area (Å²) in [6.07, 6.45) is -3.52. The predicted octanol–water partition coefficient (Wildman–Crippen LogP) is 3.03. The van der Waals surface area contributed by atoms with Gasteiger partial charge in [0.05, 0.1) is 27.9 Å². The number of nitrogens with two attached hydrogens (primary N) is 1. The average Bonchev–Trinajstić information content (AvgIpc) is 2.90. The highest BCUT2D eigenvalue weighted by Crippen LogP contribution is 2.33. The molecule has 0 bridgehead atoms. The molecule has 0 amide bonds. The number of aromatic nitrogens is 3. The zero-order valence-electron chi connectivity index (χ0n) is 13.9. The zero-order chi connectivity index (χ0) is 19.3. The van der Waals surface area contributed by atoms with Crippen LogP contribution in [0.15, 0.2) is 35.4 Å². The first-order chi connectivity index (χ1) is 12.0. The summed E-state index contributed by atoms with van der Waals surface area (Å²) in [5.41, 5.74) is 5.61. The van der Waals surface area contributed by atoms with E-state index in [-0.39, 0.29) is 33.2 Å². The second-order valence-electron chi connectivity index (χ2n) is 5.71. The first kappa shape index (κ1) is 18.2. The van der Waals surface area contributed by atoms with Gasteiger partial charge >= 0.3 is 6.18 Å². The van der Waals surface area contributed by atoms with Crippen molar-refractivity contribution in [2.75, 3.05) is 11.5 Å². The molecule has 0 aliphatic rings. The van der Waals surface area contributed by atoms with Crippen molar-refractivity contribution in [2.45, 2.75) is 18.0 Å². The van der Waals surface area contributed by atoms with Crippen molar-refractivity contribution >= 4 is 26.6 Å². The van der Waals surface area contributed by atoms with Gasteiger partial charge in [-0.3, -0.25) is 0 Å². The van der Waals surface area contributed by atoms with Crippen LogP contribution >= 0.6 is 0 Å². The molecular formula is C16H15F3N4O2S. The van der Waals surface area contributed by atoms with Crippen molar-refractivity contribution in [3.8, 4) is 11.4 Å². The third kappa shape index (κ3) is 3.00. The van der Waals surface area contributed by atoms with Crippen molar-refractivity contribution in [1.29, 1.82) is 0 Å². The molecule has 0 atom stereocenters. The van der Waals surface area contributed by atoms with E-state index in [4.69, 9.17) is 5.73 Å². The summed E-state index contributed by atoms with van der Waals surface area (Å²) < 4.78 is 64.9. The first-order valence-corrected chi connectivity index (χ1v) is 9.22. The van der Waals surface area contributed by atoms with E-state index < -0.39 is 21.7 Å². The fourth-order valence-electron chi connectivity index (χ4n) is 2.62. The van der Waals surface area contributed by atoms with Crippen LogP contribution < -0.4 is 5.73 Å². The normalized spacial score (nSPS) is 12.7. The van der Waals surface area contributed by atoms with E-state index in [1.165, 1.54) is 29.7 Å². The van der Waals surface area contributed by atoms with Crippen LogP contribution in [-0.2, 0) is 23.1 Å². The molecule has 0 saturated heterocycles. The number of anilines is 1. The number of rotatable bonds is 3. The van der Waals surface area contributed by atoms with Crippen LogP contribution in [0.25, 0.3) is 22.4 Å². The second-order valence-corrected chi connectivity index (χ2v) is 7.96. The summed E-state index contributed by atoms with van der Waals surface area (Å²) in [6.45, 7) is 1.50. The largest absolute Gasteiger partial charge is 0.433 e. The Balaban J connectivity index is 2.29.